The molecule has 234 valence electrons. The third-order valence-corrected chi connectivity index (χ3v) is 9.27. The van der Waals surface area contributed by atoms with E-state index in [1.54, 1.807) is 0 Å². The number of amidine groups is 1. The molecule has 1 aliphatic rings. The summed E-state index contributed by atoms with van der Waals surface area (Å²) in [4.78, 5) is 14.5. The average molecular weight is 630 g/mol. The highest BCUT2D eigenvalue weighted by atomic mass is 14.9. The molecular formula is C46H35N3. The molecule has 0 N–H and O–H groups in total. The van der Waals surface area contributed by atoms with E-state index in [0.29, 0.717) is 0 Å². The Labute approximate surface area is 287 Å². The van der Waals surface area contributed by atoms with Gasteiger partial charge in [-0.05, 0) is 86.0 Å². The molecule has 0 fully saturated rings. The predicted octanol–water partition coefficient (Wildman–Crippen LogP) is 11.6. The second kappa shape index (κ2) is 13.5. The highest BCUT2D eigenvalue weighted by molar-refractivity contribution is 6.14. The molecule has 3 heteroatoms. The van der Waals surface area contributed by atoms with E-state index in [1.165, 1.54) is 44.2 Å². The lowest BCUT2D eigenvalue weighted by Gasteiger charge is -2.18. The van der Waals surface area contributed by atoms with Crippen molar-refractivity contribution in [3.05, 3.63) is 193 Å². The van der Waals surface area contributed by atoms with Crippen molar-refractivity contribution in [2.24, 2.45) is 15.9 Å². The minimum atomic E-state index is 0.243. The quantitative estimate of drug-likeness (QED) is 0.180. The monoisotopic (exact) mass is 629 g/mol. The van der Waals surface area contributed by atoms with Crippen LogP contribution >= 0.6 is 0 Å². The van der Waals surface area contributed by atoms with Crippen molar-refractivity contribution >= 4 is 28.0 Å². The van der Waals surface area contributed by atoms with E-state index in [1.807, 2.05) is 48.8 Å². The van der Waals surface area contributed by atoms with Gasteiger partial charge >= 0.3 is 0 Å². The van der Waals surface area contributed by atoms with Gasteiger partial charge in [-0.1, -0.05) is 146 Å². The molecule has 0 spiro atoms. The van der Waals surface area contributed by atoms with E-state index in [2.05, 4.69) is 139 Å². The van der Waals surface area contributed by atoms with Crippen LogP contribution in [0.25, 0.3) is 49.9 Å². The van der Waals surface area contributed by atoms with Gasteiger partial charge in [0.15, 0.2) is 5.84 Å². The Hall–Kier alpha value is -6.19. The molecule has 49 heavy (non-hydrogen) atoms. The minimum absolute atomic E-state index is 0.243. The Kier molecular flexibility index (Phi) is 8.31. The van der Waals surface area contributed by atoms with Gasteiger partial charge in [-0.3, -0.25) is 4.98 Å². The van der Waals surface area contributed by atoms with Gasteiger partial charge in [0.1, 0.15) is 0 Å². The molecule has 0 radical (unpaired) electrons. The van der Waals surface area contributed by atoms with Crippen LogP contribution in [0.15, 0.2) is 186 Å². The molecule has 1 aliphatic heterocycles. The SMILES string of the molecule is CC1C/C=C(\c2ccc(-c3ccc4ccc(-c5ccc(-c6ccncc6)cc5)cc4c3)cc2)N=C(c2ccccc2)N=C1c1ccccc1. The minimum Gasteiger partial charge on any atom is -0.265 e. The standard InChI is InChI=1S/C46H35N3/c1-32-12-25-44(48-46(40-10-6-3-7-11-40)49-45(32)39-8-4-2-5-9-39)38-21-17-35(18-22-38)42-24-20-36-19-23-41(30-43(36)31-42)34-15-13-33(14-16-34)37-26-28-47-29-27-37/h2-11,13-32H,12H2,1H3/b44-25+,48-46?,49-45?. The van der Waals surface area contributed by atoms with Crippen molar-refractivity contribution in [1.82, 2.24) is 4.98 Å². The molecule has 0 saturated heterocycles. The van der Waals surface area contributed by atoms with Crippen LogP contribution in [0.1, 0.15) is 30.0 Å². The molecule has 1 atom stereocenters. The number of allylic oxidation sites excluding steroid dienone is 1. The van der Waals surface area contributed by atoms with Crippen LogP contribution < -0.4 is 0 Å². The highest BCUT2D eigenvalue weighted by Gasteiger charge is 2.18. The van der Waals surface area contributed by atoms with Crippen molar-refractivity contribution in [2.45, 2.75) is 13.3 Å². The van der Waals surface area contributed by atoms with Crippen LogP contribution in [0.3, 0.4) is 0 Å². The summed E-state index contributed by atoms with van der Waals surface area (Å²) in [5.74, 6) is 0.978. The van der Waals surface area contributed by atoms with Crippen LogP contribution in [0.2, 0.25) is 0 Å². The second-order valence-electron chi connectivity index (χ2n) is 12.6. The molecule has 0 amide bonds. The first-order valence-corrected chi connectivity index (χ1v) is 16.8. The number of aromatic nitrogens is 1. The third-order valence-electron chi connectivity index (χ3n) is 9.27. The van der Waals surface area contributed by atoms with E-state index in [0.717, 1.165) is 40.4 Å². The van der Waals surface area contributed by atoms with E-state index < -0.39 is 0 Å². The number of aliphatic imine (C=N–C) groups is 2. The smallest absolute Gasteiger partial charge is 0.160 e. The van der Waals surface area contributed by atoms with Crippen LogP contribution in [0.4, 0.5) is 0 Å². The van der Waals surface area contributed by atoms with Crippen molar-refractivity contribution < 1.29 is 0 Å². The number of rotatable bonds is 6. The Bertz CT molecular complexity index is 2320. The Morgan fingerprint density at radius 1 is 0.429 bits per heavy atom. The van der Waals surface area contributed by atoms with Gasteiger partial charge in [0.05, 0.1) is 11.4 Å². The summed E-state index contributed by atoms with van der Waals surface area (Å²) >= 11 is 0. The van der Waals surface area contributed by atoms with Gasteiger partial charge in [-0.2, -0.15) is 0 Å². The molecule has 1 aromatic heterocycles. The first-order valence-electron chi connectivity index (χ1n) is 16.8. The normalized spacial score (nSPS) is 15.8. The lowest BCUT2D eigenvalue weighted by Crippen LogP contribution is -2.17. The number of pyridine rings is 1. The van der Waals surface area contributed by atoms with E-state index in [9.17, 15) is 0 Å². The maximum Gasteiger partial charge on any atom is 0.160 e. The first kappa shape index (κ1) is 30.2. The van der Waals surface area contributed by atoms with E-state index >= 15 is 0 Å². The fraction of sp³-hybridized carbons (Fsp3) is 0.0652. The summed E-state index contributed by atoms with van der Waals surface area (Å²) in [5.41, 5.74) is 12.4. The number of hydrogen-bond donors (Lipinski definition) is 0. The first-order chi connectivity index (χ1) is 24.2. The van der Waals surface area contributed by atoms with Crippen molar-refractivity contribution in [2.75, 3.05) is 0 Å². The lowest BCUT2D eigenvalue weighted by atomic mass is 9.93. The maximum atomic E-state index is 5.20. The Morgan fingerprint density at radius 2 is 0.918 bits per heavy atom. The fourth-order valence-corrected chi connectivity index (χ4v) is 6.50. The number of fused-ring (bicyclic) bond motifs is 1. The largest absolute Gasteiger partial charge is 0.265 e. The van der Waals surface area contributed by atoms with Gasteiger partial charge in [0, 0.05) is 23.9 Å². The van der Waals surface area contributed by atoms with Gasteiger partial charge in [-0.25, -0.2) is 9.98 Å². The summed E-state index contributed by atoms with van der Waals surface area (Å²) < 4.78 is 0. The molecule has 8 rings (SSSR count). The molecule has 2 heterocycles. The lowest BCUT2D eigenvalue weighted by molar-refractivity contribution is 0.790. The third kappa shape index (κ3) is 6.52. The highest BCUT2D eigenvalue weighted by Crippen LogP contribution is 2.32. The molecule has 0 saturated carbocycles. The van der Waals surface area contributed by atoms with Gasteiger partial charge < -0.3 is 0 Å². The summed E-state index contributed by atoms with van der Waals surface area (Å²) in [5, 5.41) is 2.45. The summed E-state index contributed by atoms with van der Waals surface area (Å²) in [6.45, 7) is 2.25. The Balaban J connectivity index is 1.09. The van der Waals surface area contributed by atoms with Gasteiger partial charge in [0.2, 0.25) is 0 Å². The topological polar surface area (TPSA) is 37.6 Å². The zero-order valence-corrected chi connectivity index (χ0v) is 27.4. The zero-order chi connectivity index (χ0) is 33.0. The van der Waals surface area contributed by atoms with Crippen molar-refractivity contribution in [3.8, 4) is 33.4 Å². The van der Waals surface area contributed by atoms with Crippen LogP contribution in [-0.2, 0) is 0 Å². The number of hydrogen-bond acceptors (Lipinski definition) is 3. The maximum absolute atomic E-state index is 5.20. The van der Waals surface area contributed by atoms with E-state index in [-0.39, 0.29) is 5.92 Å². The predicted molar refractivity (Wildman–Crippen MR) is 206 cm³/mol. The summed E-state index contributed by atoms with van der Waals surface area (Å²) in [6, 6.07) is 55.8. The molecule has 3 nitrogen and oxygen atoms in total. The van der Waals surface area contributed by atoms with Gasteiger partial charge in [0.25, 0.3) is 0 Å². The average Bonchev–Trinajstić information content (AvgIpc) is 3.17. The molecule has 0 bridgehead atoms. The van der Waals surface area contributed by atoms with Crippen LogP contribution in [0, 0.1) is 5.92 Å². The van der Waals surface area contributed by atoms with Crippen molar-refractivity contribution in [1.29, 1.82) is 0 Å². The van der Waals surface area contributed by atoms with Crippen molar-refractivity contribution in [3.63, 3.8) is 0 Å². The fourth-order valence-electron chi connectivity index (χ4n) is 6.50. The molecular weight excluding hydrogens is 595 g/mol. The van der Waals surface area contributed by atoms with Crippen LogP contribution in [-0.4, -0.2) is 16.5 Å². The Morgan fingerprint density at radius 3 is 1.51 bits per heavy atom. The summed E-state index contributed by atoms with van der Waals surface area (Å²) in [7, 11) is 0. The number of nitrogens with zero attached hydrogens (tertiary/aromatic N) is 3. The second-order valence-corrected chi connectivity index (χ2v) is 12.6. The molecule has 6 aromatic carbocycles. The van der Waals surface area contributed by atoms with Gasteiger partial charge in [-0.15, -0.1) is 0 Å². The molecule has 0 aliphatic carbocycles. The van der Waals surface area contributed by atoms with E-state index in [4.69, 9.17) is 9.98 Å². The summed E-state index contributed by atoms with van der Waals surface area (Å²) in [6.07, 6.45) is 6.79. The molecule has 7 aromatic rings. The zero-order valence-electron chi connectivity index (χ0n) is 27.4. The number of benzene rings is 6. The molecule has 1 unspecified atom stereocenters. The van der Waals surface area contributed by atoms with Crippen LogP contribution in [0.5, 0.6) is 0 Å².